The minimum Gasteiger partial charge on any atom is -0.313 e. The van der Waals surface area contributed by atoms with Gasteiger partial charge in [0.1, 0.15) is 0 Å². The molecule has 0 aromatic heterocycles. The Labute approximate surface area is 123 Å². The maximum Gasteiger partial charge on any atom is 0.240 e. The maximum absolute atomic E-state index is 12.4. The lowest BCUT2D eigenvalue weighted by atomic mass is 10.0. The number of nitrogens with one attached hydrogen (secondary N) is 2. The number of aryl methyl sites for hydroxylation is 1. The smallest absolute Gasteiger partial charge is 0.240 e. The molecule has 19 heavy (non-hydrogen) atoms. The number of halogens is 1. The topological polar surface area (TPSA) is 58.2 Å². The van der Waals surface area contributed by atoms with Crippen molar-refractivity contribution in [3.05, 3.63) is 28.2 Å². The number of benzene rings is 1. The van der Waals surface area contributed by atoms with E-state index in [1.807, 2.05) is 19.9 Å². The summed E-state index contributed by atoms with van der Waals surface area (Å²) < 4.78 is 28.4. The minimum atomic E-state index is -3.46. The van der Waals surface area contributed by atoms with Crippen LogP contribution in [-0.4, -0.2) is 27.0 Å². The van der Waals surface area contributed by atoms with E-state index in [2.05, 4.69) is 26.0 Å². The van der Waals surface area contributed by atoms with Gasteiger partial charge in [0.25, 0.3) is 0 Å². The van der Waals surface area contributed by atoms with Gasteiger partial charge in [-0.1, -0.05) is 15.9 Å². The van der Waals surface area contributed by atoms with Gasteiger partial charge in [-0.25, -0.2) is 13.1 Å². The van der Waals surface area contributed by atoms with Crippen molar-refractivity contribution in [2.24, 2.45) is 0 Å². The highest BCUT2D eigenvalue weighted by Gasteiger charge is 2.26. The lowest BCUT2D eigenvalue weighted by molar-refractivity contribution is 0.349. The highest BCUT2D eigenvalue weighted by molar-refractivity contribution is 9.10. The van der Waals surface area contributed by atoms with Crippen LogP contribution in [0.2, 0.25) is 0 Å². The molecule has 2 atom stereocenters. The van der Waals surface area contributed by atoms with Gasteiger partial charge in [-0.05, 0) is 57.0 Å². The molecule has 1 fully saturated rings. The van der Waals surface area contributed by atoms with E-state index in [0.717, 1.165) is 29.4 Å². The van der Waals surface area contributed by atoms with Gasteiger partial charge in [-0.15, -0.1) is 0 Å². The number of hydrogen-bond acceptors (Lipinski definition) is 3. The first-order valence-electron chi connectivity index (χ1n) is 6.41. The van der Waals surface area contributed by atoms with E-state index in [0.29, 0.717) is 4.90 Å². The highest BCUT2D eigenvalue weighted by atomic mass is 79.9. The molecule has 2 rings (SSSR count). The van der Waals surface area contributed by atoms with Crippen molar-refractivity contribution in [3.63, 3.8) is 0 Å². The van der Waals surface area contributed by atoms with Gasteiger partial charge in [0.05, 0.1) is 4.90 Å². The third-order valence-corrected chi connectivity index (χ3v) is 5.32. The molecule has 1 aliphatic rings. The molecule has 0 aliphatic carbocycles. The maximum atomic E-state index is 12.4. The predicted molar refractivity (Wildman–Crippen MR) is 79.7 cm³/mol. The lowest BCUT2D eigenvalue weighted by Crippen LogP contribution is -2.51. The molecule has 6 heteroatoms. The van der Waals surface area contributed by atoms with Crippen LogP contribution in [0.25, 0.3) is 0 Å². The first-order valence-corrected chi connectivity index (χ1v) is 8.69. The van der Waals surface area contributed by atoms with Crippen molar-refractivity contribution >= 4 is 26.0 Å². The average molecular weight is 347 g/mol. The molecular formula is C13H19BrN2O2S. The van der Waals surface area contributed by atoms with Crippen LogP contribution >= 0.6 is 15.9 Å². The Kier molecular flexibility index (Phi) is 4.66. The zero-order valence-electron chi connectivity index (χ0n) is 11.1. The Bertz CT molecular complexity index is 540. The molecule has 0 bridgehead atoms. The zero-order chi connectivity index (χ0) is 14.0. The monoisotopic (exact) mass is 346 g/mol. The van der Waals surface area contributed by atoms with Crippen molar-refractivity contribution in [2.45, 2.75) is 43.7 Å². The standard InChI is InChI=1S/C13H19BrN2O2S/c1-9-6-11(14)8-12(7-9)19(17,18)16-13-4-3-5-15-10(13)2/h6-8,10,13,15-16H,3-5H2,1-2H3. The van der Waals surface area contributed by atoms with Gasteiger partial charge in [0, 0.05) is 16.6 Å². The largest absolute Gasteiger partial charge is 0.313 e. The van der Waals surface area contributed by atoms with E-state index in [9.17, 15) is 8.42 Å². The van der Waals surface area contributed by atoms with Crippen molar-refractivity contribution in [1.82, 2.24) is 10.0 Å². The van der Waals surface area contributed by atoms with E-state index in [4.69, 9.17) is 0 Å². The van der Waals surface area contributed by atoms with E-state index in [1.54, 1.807) is 12.1 Å². The second-order valence-electron chi connectivity index (χ2n) is 5.08. The molecule has 1 heterocycles. The molecule has 2 N–H and O–H groups in total. The normalized spacial score (nSPS) is 24.4. The Balaban J connectivity index is 2.22. The van der Waals surface area contributed by atoms with Gasteiger partial charge in [0.15, 0.2) is 0 Å². The number of sulfonamides is 1. The molecule has 4 nitrogen and oxygen atoms in total. The van der Waals surface area contributed by atoms with E-state index in [1.165, 1.54) is 0 Å². The van der Waals surface area contributed by atoms with Crippen LogP contribution in [0.1, 0.15) is 25.3 Å². The van der Waals surface area contributed by atoms with Crippen LogP contribution in [0.15, 0.2) is 27.6 Å². The van der Waals surface area contributed by atoms with Crippen molar-refractivity contribution in [2.75, 3.05) is 6.54 Å². The van der Waals surface area contributed by atoms with Crippen molar-refractivity contribution in [1.29, 1.82) is 0 Å². The Morgan fingerprint density at radius 3 is 2.74 bits per heavy atom. The molecule has 0 spiro atoms. The summed E-state index contributed by atoms with van der Waals surface area (Å²) in [4.78, 5) is 0.317. The summed E-state index contributed by atoms with van der Waals surface area (Å²) in [6, 6.07) is 5.34. The SMILES string of the molecule is Cc1cc(Br)cc(S(=O)(=O)NC2CCCNC2C)c1. The molecule has 0 saturated carbocycles. The number of rotatable bonds is 3. The summed E-state index contributed by atoms with van der Waals surface area (Å²) in [7, 11) is -3.46. The Hall–Kier alpha value is -0.430. The molecule has 1 aromatic rings. The van der Waals surface area contributed by atoms with E-state index >= 15 is 0 Å². The summed E-state index contributed by atoms with van der Waals surface area (Å²) in [5.41, 5.74) is 0.921. The Morgan fingerprint density at radius 1 is 1.37 bits per heavy atom. The lowest BCUT2D eigenvalue weighted by Gasteiger charge is -2.30. The molecule has 2 unspecified atom stereocenters. The Morgan fingerprint density at radius 2 is 2.11 bits per heavy atom. The second-order valence-corrected chi connectivity index (χ2v) is 7.71. The molecule has 1 aromatic carbocycles. The molecule has 0 amide bonds. The summed E-state index contributed by atoms with van der Waals surface area (Å²) in [6.45, 7) is 4.85. The van der Waals surface area contributed by atoms with Crippen molar-refractivity contribution < 1.29 is 8.42 Å². The van der Waals surface area contributed by atoms with Gasteiger partial charge in [0.2, 0.25) is 10.0 Å². The van der Waals surface area contributed by atoms with Gasteiger partial charge in [-0.3, -0.25) is 0 Å². The first-order chi connectivity index (χ1) is 8.88. The third-order valence-electron chi connectivity index (χ3n) is 3.39. The summed E-state index contributed by atoms with van der Waals surface area (Å²) >= 11 is 3.34. The van der Waals surface area contributed by atoms with E-state index < -0.39 is 10.0 Å². The number of hydrogen-bond donors (Lipinski definition) is 2. The molecular weight excluding hydrogens is 328 g/mol. The summed E-state index contributed by atoms with van der Waals surface area (Å²) in [5.74, 6) is 0. The fraction of sp³-hybridized carbons (Fsp3) is 0.538. The van der Waals surface area contributed by atoms with Crippen LogP contribution in [0, 0.1) is 6.92 Å². The fourth-order valence-electron chi connectivity index (χ4n) is 2.33. The summed E-state index contributed by atoms with van der Waals surface area (Å²) in [6.07, 6.45) is 1.87. The fourth-order valence-corrected chi connectivity index (χ4v) is 4.57. The first kappa shape index (κ1) is 15.0. The third kappa shape index (κ3) is 3.78. The van der Waals surface area contributed by atoms with E-state index in [-0.39, 0.29) is 12.1 Å². The van der Waals surface area contributed by atoms with Crippen LogP contribution < -0.4 is 10.0 Å². The second kappa shape index (κ2) is 5.91. The molecule has 1 saturated heterocycles. The van der Waals surface area contributed by atoms with Gasteiger partial charge in [-0.2, -0.15) is 0 Å². The van der Waals surface area contributed by atoms with Crippen LogP contribution in [0.3, 0.4) is 0 Å². The minimum absolute atomic E-state index is 0.0435. The van der Waals surface area contributed by atoms with Gasteiger partial charge < -0.3 is 5.32 Å². The van der Waals surface area contributed by atoms with Crippen LogP contribution in [-0.2, 0) is 10.0 Å². The van der Waals surface area contributed by atoms with Crippen LogP contribution in [0.5, 0.6) is 0 Å². The molecule has 1 aliphatic heterocycles. The average Bonchev–Trinajstić information content (AvgIpc) is 2.31. The molecule has 106 valence electrons. The van der Waals surface area contributed by atoms with Gasteiger partial charge >= 0.3 is 0 Å². The predicted octanol–water partition coefficient (Wildman–Crippen LogP) is 2.18. The number of piperidine rings is 1. The van der Waals surface area contributed by atoms with Crippen LogP contribution in [0.4, 0.5) is 0 Å². The quantitative estimate of drug-likeness (QED) is 0.881. The highest BCUT2D eigenvalue weighted by Crippen LogP contribution is 2.20. The zero-order valence-corrected chi connectivity index (χ0v) is 13.5. The molecule has 0 radical (unpaired) electrons. The summed E-state index contributed by atoms with van der Waals surface area (Å²) in [5, 5.41) is 3.29. The van der Waals surface area contributed by atoms with Crippen molar-refractivity contribution in [3.8, 4) is 0 Å².